The molecule has 0 fully saturated rings. The molecule has 0 saturated carbocycles. The number of amides is 2. The molecule has 0 saturated heterocycles. The molecule has 144 valence electrons. The molecule has 0 aliphatic carbocycles. The molecule has 0 unspecified atom stereocenters. The molecule has 0 bridgehead atoms. The Morgan fingerprint density at radius 2 is 1.59 bits per heavy atom. The van der Waals surface area contributed by atoms with E-state index in [1.165, 1.54) is 6.07 Å². The third-order valence-electron chi connectivity index (χ3n) is 4.36. The van der Waals surface area contributed by atoms with E-state index >= 15 is 0 Å². The molecule has 0 radical (unpaired) electrons. The van der Waals surface area contributed by atoms with Crippen molar-refractivity contribution in [3.63, 3.8) is 0 Å². The summed E-state index contributed by atoms with van der Waals surface area (Å²) in [6.45, 7) is 3.81. The highest BCUT2D eigenvalue weighted by atomic mass is 35.5. The number of hydrogen-bond acceptors (Lipinski definition) is 2. The number of halogens is 2. The second-order valence-electron chi connectivity index (χ2n) is 6.86. The van der Waals surface area contributed by atoms with Gasteiger partial charge in [0.25, 0.3) is 0 Å². The minimum absolute atomic E-state index is 0.263. The maximum atomic E-state index is 13.6. The number of carbonyl (C=O) groups is 2. The summed E-state index contributed by atoms with van der Waals surface area (Å²) in [5, 5.41) is 6.14. The molecular weight excluding hydrogens is 367 g/mol. The Labute approximate surface area is 164 Å². The monoisotopic (exact) mass is 390 g/mol. The summed E-state index contributed by atoms with van der Waals surface area (Å²) >= 11 is 5.94. The molecule has 4 nitrogen and oxygen atoms in total. The van der Waals surface area contributed by atoms with Crippen LogP contribution in [0.15, 0.2) is 48.5 Å². The average molecular weight is 391 g/mol. The number of benzene rings is 2. The Kier molecular flexibility index (Phi) is 7.36. The van der Waals surface area contributed by atoms with Gasteiger partial charge in [-0.2, -0.15) is 0 Å². The Morgan fingerprint density at radius 1 is 0.963 bits per heavy atom. The first-order valence-corrected chi connectivity index (χ1v) is 9.23. The van der Waals surface area contributed by atoms with Crippen LogP contribution in [0.1, 0.15) is 25.0 Å². The van der Waals surface area contributed by atoms with Crippen LogP contribution in [0.4, 0.5) is 4.39 Å². The highest BCUT2D eigenvalue weighted by Crippen LogP contribution is 2.16. The van der Waals surface area contributed by atoms with Crippen LogP contribution in [0, 0.1) is 11.2 Å². The van der Waals surface area contributed by atoms with Gasteiger partial charge in [-0.25, -0.2) is 4.39 Å². The third-order valence-corrected chi connectivity index (χ3v) is 4.60. The van der Waals surface area contributed by atoms with Gasteiger partial charge in [0.1, 0.15) is 11.2 Å². The van der Waals surface area contributed by atoms with E-state index < -0.39 is 5.41 Å². The van der Waals surface area contributed by atoms with Gasteiger partial charge in [-0.3, -0.25) is 9.59 Å². The second-order valence-corrected chi connectivity index (χ2v) is 7.29. The van der Waals surface area contributed by atoms with Crippen molar-refractivity contribution in [3.8, 4) is 0 Å². The van der Waals surface area contributed by atoms with Crippen LogP contribution in [-0.2, 0) is 22.4 Å². The SMILES string of the molecule is CC(C)(C(=O)NCCc1cccc(Cl)c1)C(=O)NCCc1ccccc1F. The van der Waals surface area contributed by atoms with Gasteiger partial charge in [-0.05, 0) is 56.0 Å². The molecular formula is C21H24ClFN2O2. The van der Waals surface area contributed by atoms with Crippen LogP contribution >= 0.6 is 11.6 Å². The van der Waals surface area contributed by atoms with Crippen molar-refractivity contribution >= 4 is 23.4 Å². The highest BCUT2D eigenvalue weighted by Gasteiger charge is 2.35. The van der Waals surface area contributed by atoms with Crippen LogP contribution < -0.4 is 10.6 Å². The van der Waals surface area contributed by atoms with Gasteiger partial charge in [0.2, 0.25) is 11.8 Å². The predicted molar refractivity (Wildman–Crippen MR) is 105 cm³/mol. The summed E-state index contributed by atoms with van der Waals surface area (Å²) < 4.78 is 13.6. The van der Waals surface area contributed by atoms with Crippen molar-refractivity contribution in [2.45, 2.75) is 26.7 Å². The smallest absolute Gasteiger partial charge is 0.235 e. The van der Waals surface area contributed by atoms with E-state index in [0.29, 0.717) is 30.0 Å². The first kappa shape index (κ1) is 20.9. The molecule has 2 N–H and O–H groups in total. The molecule has 0 aliphatic heterocycles. The maximum absolute atomic E-state index is 13.6. The van der Waals surface area contributed by atoms with E-state index in [0.717, 1.165) is 5.56 Å². The fraction of sp³-hybridized carbons (Fsp3) is 0.333. The normalized spacial score (nSPS) is 11.1. The van der Waals surface area contributed by atoms with Crippen molar-refractivity contribution in [3.05, 3.63) is 70.5 Å². The van der Waals surface area contributed by atoms with Crippen molar-refractivity contribution in [1.29, 1.82) is 0 Å². The quantitative estimate of drug-likeness (QED) is 0.677. The van der Waals surface area contributed by atoms with Gasteiger partial charge in [-0.15, -0.1) is 0 Å². The van der Waals surface area contributed by atoms with Crippen LogP contribution in [-0.4, -0.2) is 24.9 Å². The van der Waals surface area contributed by atoms with E-state index in [1.807, 2.05) is 18.2 Å². The Morgan fingerprint density at radius 3 is 2.22 bits per heavy atom. The lowest BCUT2D eigenvalue weighted by Gasteiger charge is -2.22. The molecule has 0 aliphatic rings. The zero-order valence-electron chi connectivity index (χ0n) is 15.5. The van der Waals surface area contributed by atoms with Crippen LogP contribution in [0.5, 0.6) is 0 Å². The van der Waals surface area contributed by atoms with Crippen LogP contribution in [0.25, 0.3) is 0 Å². The zero-order valence-corrected chi connectivity index (χ0v) is 16.3. The molecule has 2 aromatic rings. The number of carbonyl (C=O) groups excluding carboxylic acids is 2. The van der Waals surface area contributed by atoms with Gasteiger partial charge in [0, 0.05) is 18.1 Å². The third kappa shape index (κ3) is 6.07. The minimum Gasteiger partial charge on any atom is -0.355 e. The number of rotatable bonds is 8. The molecule has 27 heavy (non-hydrogen) atoms. The van der Waals surface area contributed by atoms with E-state index in [-0.39, 0.29) is 24.2 Å². The summed E-state index contributed by atoms with van der Waals surface area (Å²) in [5.74, 6) is -1.04. The van der Waals surface area contributed by atoms with Gasteiger partial charge in [0.05, 0.1) is 0 Å². The van der Waals surface area contributed by atoms with Gasteiger partial charge >= 0.3 is 0 Å². The second kappa shape index (κ2) is 9.51. The maximum Gasteiger partial charge on any atom is 0.235 e. The summed E-state index contributed by atoms with van der Waals surface area (Å²) in [5.41, 5.74) is 0.320. The molecule has 2 amide bonds. The lowest BCUT2D eigenvalue weighted by molar-refractivity contribution is -0.141. The van der Waals surface area contributed by atoms with E-state index in [9.17, 15) is 14.0 Å². The van der Waals surface area contributed by atoms with Gasteiger partial charge < -0.3 is 10.6 Å². The summed E-state index contributed by atoms with van der Waals surface area (Å²) in [4.78, 5) is 24.8. The fourth-order valence-corrected chi connectivity index (χ4v) is 2.78. The molecule has 2 rings (SSSR count). The predicted octanol–water partition coefficient (Wildman–Crippen LogP) is 3.52. The fourth-order valence-electron chi connectivity index (χ4n) is 2.57. The van der Waals surface area contributed by atoms with Crippen LogP contribution in [0.2, 0.25) is 5.02 Å². The number of nitrogens with one attached hydrogen (secondary N) is 2. The Balaban J connectivity index is 1.79. The van der Waals surface area contributed by atoms with Crippen molar-refractivity contribution in [2.75, 3.05) is 13.1 Å². The Bertz CT molecular complexity index is 808. The number of hydrogen-bond donors (Lipinski definition) is 2. The lowest BCUT2D eigenvalue weighted by atomic mass is 9.91. The zero-order chi connectivity index (χ0) is 19.9. The summed E-state index contributed by atoms with van der Waals surface area (Å²) in [7, 11) is 0. The van der Waals surface area contributed by atoms with Crippen molar-refractivity contribution in [2.24, 2.45) is 5.41 Å². The molecule has 0 atom stereocenters. The molecule has 2 aromatic carbocycles. The first-order valence-electron chi connectivity index (χ1n) is 8.85. The topological polar surface area (TPSA) is 58.2 Å². The van der Waals surface area contributed by atoms with Gasteiger partial charge in [0.15, 0.2) is 0 Å². The molecule has 0 heterocycles. The summed E-state index contributed by atoms with van der Waals surface area (Å²) in [6.07, 6.45) is 0.988. The largest absolute Gasteiger partial charge is 0.355 e. The molecule has 6 heteroatoms. The first-order chi connectivity index (χ1) is 12.8. The summed E-state index contributed by atoms with van der Waals surface area (Å²) in [6, 6.07) is 13.8. The highest BCUT2D eigenvalue weighted by molar-refractivity contribution is 6.30. The molecule has 0 aromatic heterocycles. The minimum atomic E-state index is -1.22. The van der Waals surface area contributed by atoms with E-state index in [2.05, 4.69) is 10.6 Å². The van der Waals surface area contributed by atoms with E-state index in [1.54, 1.807) is 38.1 Å². The van der Waals surface area contributed by atoms with Crippen LogP contribution in [0.3, 0.4) is 0 Å². The Hall–Kier alpha value is -2.40. The lowest BCUT2D eigenvalue weighted by Crippen LogP contribution is -2.48. The average Bonchev–Trinajstić information content (AvgIpc) is 2.63. The van der Waals surface area contributed by atoms with Crippen molar-refractivity contribution in [1.82, 2.24) is 10.6 Å². The standard InChI is InChI=1S/C21H24ClFN2O2/c1-21(2,19(26)24-12-10-15-6-5-8-17(22)14-15)20(27)25-13-11-16-7-3-4-9-18(16)23/h3-9,14H,10-13H2,1-2H3,(H,24,26)(H,25,27). The van der Waals surface area contributed by atoms with E-state index in [4.69, 9.17) is 11.6 Å². The molecule has 0 spiro atoms. The van der Waals surface area contributed by atoms with Crippen molar-refractivity contribution < 1.29 is 14.0 Å². The van der Waals surface area contributed by atoms with Gasteiger partial charge in [-0.1, -0.05) is 41.9 Å².